The Bertz CT molecular complexity index is 148. The lowest BCUT2D eigenvalue weighted by Crippen LogP contribution is -2.32. The van der Waals surface area contributed by atoms with Crippen LogP contribution in [0.15, 0.2) is 0 Å². The van der Waals surface area contributed by atoms with Crippen molar-refractivity contribution >= 4 is 0 Å². The van der Waals surface area contributed by atoms with Crippen LogP contribution in [-0.2, 0) is 0 Å². The highest BCUT2D eigenvalue weighted by Gasteiger charge is 2.21. The molecule has 1 fully saturated rings. The predicted octanol–water partition coefficient (Wildman–Crippen LogP) is 0.0411. The van der Waals surface area contributed by atoms with Crippen LogP contribution in [0.1, 0.15) is 13.3 Å². The topological polar surface area (TPSA) is 29.3 Å². The molecule has 0 aliphatic carbocycles. The minimum absolute atomic E-state index is 0.258. The van der Waals surface area contributed by atoms with Crippen LogP contribution in [-0.4, -0.2) is 30.1 Å². The first-order chi connectivity index (χ1) is 4.74. The van der Waals surface area contributed by atoms with Crippen LogP contribution in [0.2, 0.25) is 0 Å². The third-order valence-corrected chi connectivity index (χ3v) is 2.05. The van der Waals surface area contributed by atoms with E-state index < -0.39 is 0 Å². The number of likely N-dealkylation sites (tertiary alicyclic amines) is 1. The number of nitrogens with two attached hydrogens (primary N) is 1. The van der Waals surface area contributed by atoms with Crippen LogP contribution in [0, 0.1) is 12.3 Å². The van der Waals surface area contributed by atoms with Gasteiger partial charge in [0.2, 0.25) is 0 Å². The number of hydrogen-bond acceptors (Lipinski definition) is 2. The summed E-state index contributed by atoms with van der Waals surface area (Å²) in [5.41, 5.74) is 5.71. The quantitative estimate of drug-likeness (QED) is 0.518. The van der Waals surface area contributed by atoms with E-state index in [0.717, 1.165) is 19.5 Å². The second-order valence-electron chi connectivity index (χ2n) is 2.89. The molecular weight excluding hydrogens is 124 g/mol. The molecule has 1 aliphatic heterocycles. The van der Waals surface area contributed by atoms with Crippen molar-refractivity contribution in [3.8, 4) is 12.3 Å². The molecule has 0 saturated carbocycles. The summed E-state index contributed by atoms with van der Waals surface area (Å²) in [5.74, 6) is 2.70. The van der Waals surface area contributed by atoms with Crippen molar-refractivity contribution in [2.75, 3.05) is 13.1 Å². The summed E-state index contributed by atoms with van der Waals surface area (Å²) in [4.78, 5) is 2.24. The van der Waals surface area contributed by atoms with Gasteiger partial charge in [0.05, 0.1) is 6.04 Å². The first-order valence-corrected chi connectivity index (χ1v) is 3.70. The van der Waals surface area contributed by atoms with Crippen molar-refractivity contribution < 1.29 is 0 Å². The van der Waals surface area contributed by atoms with Crippen molar-refractivity contribution in [1.82, 2.24) is 4.90 Å². The van der Waals surface area contributed by atoms with Crippen LogP contribution in [0.5, 0.6) is 0 Å². The average molecular weight is 138 g/mol. The number of hydrogen-bond donors (Lipinski definition) is 1. The van der Waals surface area contributed by atoms with E-state index in [1.807, 2.05) is 6.92 Å². The molecule has 10 heavy (non-hydrogen) atoms. The Morgan fingerprint density at radius 3 is 2.90 bits per heavy atom. The van der Waals surface area contributed by atoms with Gasteiger partial charge >= 0.3 is 0 Å². The third-order valence-electron chi connectivity index (χ3n) is 2.05. The minimum atomic E-state index is 0.258. The monoisotopic (exact) mass is 138 g/mol. The van der Waals surface area contributed by atoms with Gasteiger partial charge in [0.15, 0.2) is 0 Å². The molecule has 0 aromatic heterocycles. The standard InChI is InChI=1S/C8H14N2/c1-3-7(2)10-5-4-8(9)6-10/h1,7-8H,4-6,9H2,2H3/t7?,8-/m0/s1. The largest absolute Gasteiger partial charge is 0.326 e. The maximum absolute atomic E-state index is 5.71. The van der Waals surface area contributed by atoms with Gasteiger partial charge in [0, 0.05) is 19.1 Å². The van der Waals surface area contributed by atoms with Crippen molar-refractivity contribution in [2.24, 2.45) is 5.73 Å². The van der Waals surface area contributed by atoms with E-state index in [-0.39, 0.29) is 6.04 Å². The molecule has 1 rings (SSSR count). The third kappa shape index (κ3) is 1.50. The second kappa shape index (κ2) is 3.05. The van der Waals surface area contributed by atoms with Crippen molar-refractivity contribution in [3.05, 3.63) is 0 Å². The Labute approximate surface area is 62.4 Å². The number of rotatable bonds is 1. The van der Waals surface area contributed by atoms with Crippen molar-refractivity contribution in [2.45, 2.75) is 25.4 Å². The first kappa shape index (κ1) is 7.59. The van der Waals surface area contributed by atoms with Gasteiger partial charge in [-0.3, -0.25) is 4.90 Å². The summed E-state index contributed by atoms with van der Waals surface area (Å²) in [5, 5.41) is 0. The fourth-order valence-electron chi connectivity index (χ4n) is 1.27. The average Bonchev–Trinajstić information content (AvgIpc) is 2.34. The number of nitrogens with zero attached hydrogens (tertiary/aromatic N) is 1. The zero-order valence-electron chi connectivity index (χ0n) is 6.38. The zero-order valence-corrected chi connectivity index (χ0v) is 6.38. The van der Waals surface area contributed by atoms with Crippen LogP contribution in [0.25, 0.3) is 0 Å². The highest BCUT2D eigenvalue weighted by molar-refractivity contribution is 4.99. The molecule has 0 radical (unpaired) electrons. The van der Waals surface area contributed by atoms with Gasteiger partial charge in [-0.05, 0) is 13.3 Å². The molecule has 0 bridgehead atoms. The lowest BCUT2D eigenvalue weighted by Gasteiger charge is -2.18. The Morgan fingerprint density at radius 2 is 2.50 bits per heavy atom. The van der Waals surface area contributed by atoms with E-state index in [4.69, 9.17) is 12.2 Å². The molecule has 1 heterocycles. The van der Waals surface area contributed by atoms with Crippen LogP contribution in [0.3, 0.4) is 0 Å². The van der Waals surface area contributed by atoms with Crippen LogP contribution in [0.4, 0.5) is 0 Å². The maximum atomic E-state index is 5.71. The molecule has 2 nitrogen and oxygen atoms in total. The highest BCUT2D eigenvalue weighted by atomic mass is 15.2. The van der Waals surface area contributed by atoms with E-state index in [1.54, 1.807) is 0 Å². The molecule has 2 N–H and O–H groups in total. The molecule has 0 spiro atoms. The molecule has 0 amide bonds. The molecule has 56 valence electrons. The van der Waals surface area contributed by atoms with Crippen LogP contribution >= 0.6 is 0 Å². The lowest BCUT2D eigenvalue weighted by atomic mass is 10.3. The summed E-state index contributed by atoms with van der Waals surface area (Å²) in [6, 6.07) is 0.601. The van der Waals surface area contributed by atoms with E-state index in [0.29, 0.717) is 6.04 Å². The zero-order chi connectivity index (χ0) is 7.56. The number of terminal acetylenes is 1. The lowest BCUT2D eigenvalue weighted by molar-refractivity contribution is 0.304. The van der Waals surface area contributed by atoms with E-state index >= 15 is 0 Å². The van der Waals surface area contributed by atoms with Gasteiger partial charge in [-0.25, -0.2) is 0 Å². The summed E-state index contributed by atoms with van der Waals surface area (Å²) >= 11 is 0. The van der Waals surface area contributed by atoms with E-state index in [2.05, 4.69) is 10.8 Å². The fourth-order valence-corrected chi connectivity index (χ4v) is 1.27. The summed E-state index contributed by atoms with van der Waals surface area (Å²) in [7, 11) is 0. The SMILES string of the molecule is C#CC(C)N1CC[C@H](N)C1. The van der Waals surface area contributed by atoms with E-state index in [1.165, 1.54) is 0 Å². The Kier molecular flexibility index (Phi) is 2.31. The molecule has 1 aliphatic rings. The maximum Gasteiger partial charge on any atom is 0.0683 e. The highest BCUT2D eigenvalue weighted by Crippen LogP contribution is 2.09. The molecule has 2 atom stereocenters. The molecular formula is C8H14N2. The summed E-state index contributed by atoms with van der Waals surface area (Å²) in [6.45, 7) is 4.07. The van der Waals surface area contributed by atoms with Gasteiger partial charge in [0.25, 0.3) is 0 Å². The van der Waals surface area contributed by atoms with Crippen molar-refractivity contribution in [1.29, 1.82) is 0 Å². The molecule has 1 unspecified atom stereocenters. The van der Waals surface area contributed by atoms with Gasteiger partial charge in [0.1, 0.15) is 0 Å². The first-order valence-electron chi connectivity index (χ1n) is 3.70. The summed E-state index contributed by atoms with van der Waals surface area (Å²) < 4.78 is 0. The van der Waals surface area contributed by atoms with Crippen molar-refractivity contribution in [3.63, 3.8) is 0 Å². The Morgan fingerprint density at radius 1 is 1.80 bits per heavy atom. The normalized spacial score (nSPS) is 29.9. The molecule has 2 heteroatoms. The Hall–Kier alpha value is -0.520. The van der Waals surface area contributed by atoms with Gasteiger partial charge in [-0.15, -0.1) is 6.42 Å². The summed E-state index contributed by atoms with van der Waals surface area (Å²) in [6.07, 6.45) is 6.35. The molecule has 0 aromatic carbocycles. The van der Waals surface area contributed by atoms with Gasteiger partial charge in [-0.2, -0.15) is 0 Å². The molecule has 0 aromatic rings. The molecule has 1 saturated heterocycles. The van der Waals surface area contributed by atoms with Gasteiger partial charge in [-0.1, -0.05) is 5.92 Å². The van der Waals surface area contributed by atoms with Crippen LogP contribution < -0.4 is 5.73 Å². The Balaban J connectivity index is 2.39. The van der Waals surface area contributed by atoms with Gasteiger partial charge < -0.3 is 5.73 Å². The second-order valence-corrected chi connectivity index (χ2v) is 2.89. The smallest absolute Gasteiger partial charge is 0.0683 e. The fraction of sp³-hybridized carbons (Fsp3) is 0.750. The minimum Gasteiger partial charge on any atom is -0.326 e. The van der Waals surface area contributed by atoms with E-state index in [9.17, 15) is 0 Å². The predicted molar refractivity (Wildman–Crippen MR) is 42.5 cm³/mol.